The summed E-state index contributed by atoms with van der Waals surface area (Å²) >= 11 is 5.80. The van der Waals surface area contributed by atoms with Crippen molar-refractivity contribution in [1.29, 1.82) is 0 Å². The normalized spacial score (nSPS) is 10.8. The monoisotopic (exact) mass is 293 g/mol. The van der Waals surface area contributed by atoms with Gasteiger partial charge in [-0.15, -0.1) is 0 Å². The number of amides is 1. The average Bonchev–Trinajstić information content (AvgIpc) is 2.41. The number of carbonyl (C=O) groups excluding carboxylic acids is 1. The van der Waals surface area contributed by atoms with Gasteiger partial charge >= 0.3 is 0 Å². The maximum atomic E-state index is 13.3. The van der Waals surface area contributed by atoms with E-state index in [0.717, 1.165) is 12.1 Å². The Labute approximate surface area is 119 Å². The van der Waals surface area contributed by atoms with Gasteiger partial charge in [-0.25, -0.2) is 8.78 Å². The zero-order valence-corrected chi connectivity index (χ0v) is 11.0. The molecule has 0 saturated carbocycles. The highest BCUT2D eigenvalue weighted by molar-refractivity contribution is 6.30. The molecule has 0 aliphatic carbocycles. The third-order valence-corrected chi connectivity index (χ3v) is 2.72. The standard InChI is InChI=1S/C15H10ClF2NO/c16-11-4-1-3-10(9-11)7-8-14(20)19-15-12(17)5-2-6-13(15)18/h1-9H,(H,19,20)/b8-7+. The Balaban J connectivity index is 2.10. The van der Waals surface area contributed by atoms with Crippen LogP contribution in [0.3, 0.4) is 0 Å². The molecule has 0 aliphatic rings. The van der Waals surface area contributed by atoms with Crippen molar-refractivity contribution in [2.24, 2.45) is 0 Å². The van der Waals surface area contributed by atoms with Crippen LogP contribution in [0.2, 0.25) is 5.02 Å². The van der Waals surface area contributed by atoms with E-state index in [1.165, 1.54) is 18.2 Å². The summed E-state index contributed by atoms with van der Waals surface area (Å²) in [5.74, 6) is -2.28. The van der Waals surface area contributed by atoms with Crippen LogP contribution in [0, 0.1) is 11.6 Å². The highest BCUT2D eigenvalue weighted by Gasteiger charge is 2.09. The molecule has 2 aromatic rings. The highest BCUT2D eigenvalue weighted by Crippen LogP contribution is 2.18. The van der Waals surface area contributed by atoms with E-state index in [2.05, 4.69) is 5.32 Å². The van der Waals surface area contributed by atoms with E-state index in [0.29, 0.717) is 10.6 Å². The van der Waals surface area contributed by atoms with Crippen molar-refractivity contribution in [2.75, 3.05) is 5.32 Å². The molecule has 0 unspecified atom stereocenters. The van der Waals surface area contributed by atoms with Gasteiger partial charge < -0.3 is 5.32 Å². The van der Waals surface area contributed by atoms with Gasteiger partial charge in [-0.1, -0.05) is 29.8 Å². The molecule has 20 heavy (non-hydrogen) atoms. The fraction of sp³-hybridized carbons (Fsp3) is 0. The predicted molar refractivity (Wildman–Crippen MR) is 75.5 cm³/mol. The lowest BCUT2D eigenvalue weighted by atomic mass is 10.2. The second-order valence-electron chi connectivity index (χ2n) is 3.97. The Morgan fingerprint density at radius 2 is 1.75 bits per heavy atom. The first-order valence-corrected chi connectivity index (χ1v) is 6.13. The molecule has 0 aromatic heterocycles. The average molecular weight is 294 g/mol. The first-order chi connectivity index (χ1) is 9.56. The second-order valence-corrected chi connectivity index (χ2v) is 4.41. The van der Waals surface area contributed by atoms with Gasteiger partial charge in [0.05, 0.1) is 0 Å². The fourth-order valence-electron chi connectivity index (χ4n) is 1.56. The van der Waals surface area contributed by atoms with E-state index in [1.54, 1.807) is 24.3 Å². The summed E-state index contributed by atoms with van der Waals surface area (Å²) in [6.07, 6.45) is 2.68. The quantitative estimate of drug-likeness (QED) is 0.841. The lowest BCUT2D eigenvalue weighted by Crippen LogP contribution is -2.10. The number of rotatable bonds is 3. The molecule has 0 atom stereocenters. The topological polar surface area (TPSA) is 29.1 Å². The van der Waals surface area contributed by atoms with Crippen LogP contribution in [0.5, 0.6) is 0 Å². The van der Waals surface area contributed by atoms with Crippen LogP contribution < -0.4 is 5.32 Å². The molecule has 1 amide bonds. The third-order valence-electron chi connectivity index (χ3n) is 2.49. The molecule has 0 spiro atoms. The van der Waals surface area contributed by atoms with E-state index in [-0.39, 0.29) is 0 Å². The Morgan fingerprint density at radius 3 is 2.40 bits per heavy atom. The number of nitrogens with one attached hydrogen (secondary N) is 1. The number of halogens is 3. The minimum absolute atomic E-state index is 0.465. The van der Waals surface area contributed by atoms with Crippen LogP contribution in [-0.4, -0.2) is 5.91 Å². The van der Waals surface area contributed by atoms with Gasteiger partial charge in [0.25, 0.3) is 0 Å². The first-order valence-electron chi connectivity index (χ1n) is 5.75. The lowest BCUT2D eigenvalue weighted by Gasteiger charge is -2.04. The van der Waals surface area contributed by atoms with E-state index >= 15 is 0 Å². The Morgan fingerprint density at radius 1 is 1.10 bits per heavy atom. The van der Waals surface area contributed by atoms with E-state index in [9.17, 15) is 13.6 Å². The molecule has 1 N–H and O–H groups in total. The van der Waals surface area contributed by atoms with Gasteiger partial charge in [0, 0.05) is 11.1 Å². The Kier molecular flexibility index (Phi) is 4.48. The molecule has 2 nitrogen and oxygen atoms in total. The molecule has 0 heterocycles. The predicted octanol–water partition coefficient (Wildman–Crippen LogP) is 4.27. The van der Waals surface area contributed by atoms with E-state index < -0.39 is 23.2 Å². The summed E-state index contributed by atoms with van der Waals surface area (Å²) in [4.78, 5) is 11.6. The molecule has 0 saturated heterocycles. The van der Waals surface area contributed by atoms with Crippen molar-refractivity contribution in [3.05, 3.63) is 70.8 Å². The Hall–Kier alpha value is -2.20. The molecule has 0 fully saturated rings. The van der Waals surface area contributed by atoms with Gasteiger partial charge in [0.2, 0.25) is 5.91 Å². The maximum absolute atomic E-state index is 13.3. The van der Waals surface area contributed by atoms with E-state index in [1.807, 2.05) is 0 Å². The summed E-state index contributed by atoms with van der Waals surface area (Å²) in [7, 11) is 0. The van der Waals surface area contributed by atoms with Crippen molar-refractivity contribution in [3.63, 3.8) is 0 Å². The first kappa shape index (κ1) is 14.2. The van der Waals surface area contributed by atoms with Crippen molar-refractivity contribution in [3.8, 4) is 0 Å². The molecular weight excluding hydrogens is 284 g/mol. The molecule has 0 aliphatic heterocycles. The highest BCUT2D eigenvalue weighted by atomic mass is 35.5. The summed E-state index contributed by atoms with van der Waals surface area (Å²) in [6, 6.07) is 10.2. The summed E-state index contributed by atoms with van der Waals surface area (Å²) in [5.41, 5.74) is 0.245. The minimum atomic E-state index is -0.825. The number of benzene rings is 2. The second kappa shape index (κ2) is 6.30. The molecule has 2 aromatic carbocycles. The summed E-state index contributed by atoms with van der Waals surface area (Å²) in [5, 5.41) is 2.69. The molecule has 2 rings (SSSR count). The number of para-hydroxylation sites is 1. The van der Waals surface area contributed by atoms with Gasteiger partial charge in [-0.05, 0) is 35.9 Å². The Bertz CT molecular complexity index is 650. The third kappa shape index (κ3) is 3.65. The number of hydrogen-bond acceptors (Lipinski definition) is 1. The van der Waals surface area contributed by atoms with Gasteiger partial charge in [-0.2, -0.15) is 0 Å². The molecular formula is C15H10ClF2NO. The van der Waals surface area contributed by atoms with Crippen LogP contribution in [-0.2, 0) is 4.79 Å². The van der Waals surface area contributed by atoms with Crippen LogP contribution in [0.4, 0.5) is 14.5 Å². The number of hydrogen-bond donors (Lipinski definition) is 1. The zero-order valence-electron chi connectivity index (χ0n) is 10.2. The van der Waals surface area contributed by atoms with Crippen LogP contribution >= 0.6 is 11.6 Å². The van der Waals surface area contributed by atoms with Crippen LogP contribution in [0.15, 0.2) is 48.5 Å². The fourth-order valence-corrected chi connectivity index (χ4v) is 1.76. The molecule has 0 bridgehead atoms. The van der Waals surface area contributed by atoms with Crippen molar-refractivity contribution in [2.45, 2.75) is 0 Å². The largest absolute Gasteiger partial charge is 0.318 e. The number of carbonyl (C=O) groups is 1. The van der Waals surface area contributed by atoms with Gasteiger partial charge in [0.1, 0.15) is 17.3 Å². The molecule has 5 heteroatoms. The van der Waals surface area contributed by atoms with Crippen molar-refractivity contribution < 1.29 is 13.6 Å². The zero-order chi connectivity index (χ0) is 14.5. The van der Waals surface area contributed by atoms with Crippen LogP contribution in [0.1, 0.15) is 5.56 Å². The van der Waals surface area contributed by atoms with Crippen molar-refractivity contribution in [1.82, 2.24) is 0 Å². The van der Waals surface area contributed by atoms with Gasteiger partial charge in [0.15, 0.2) is 0 Å². The van der Waals surface area contributed by atoms with E-state index in [4.69, 9.17) is 11.6 Å². The minimum Gasteiger partial charge on any atom is -0.318 e. The summed E-state index contributed by atoms with van der Waals surface area (Å²) < 4.78 is 26.7. The molecule has 102 valence electrons. The summed E-state index contributed by atoms with van der Waals surface area (Å²) in [6.45, 7) is 0. The number of anilines is 1. The molecule has 0 radical (unpaired) electrons. The lowest BCUT2D eigenvalue weighted by molar-refractivity contribution is -0.111. The smallest absolute Gasteiger partial charge is 0.248 e. The van der Waals surface area contributed by atoms with Gasteiger partial charge in [-0.3, -0.25) is 4.79 Å². The van der Waals surface area contributed by atoms with Crippen LogP contribution in [0.25, 0.3) is 6.08 Å². The SMILES string of the molecule is O=C(/C=C/c1cccc(Cl)c1)Nc1c(F)cccc1F. The van der Waals surface area contributed by atoms with Crippen molar-refractivity contribution >= 4 is 29.3 Å². The maximum Gasteiger partial charge on any atom is 0.248 e.